The van der Waals surface area contributed by atoms with Crippen molar-refractivity contribution >= 4 is 5.97 Å². The Morgan fingerprint density at radius 3 is 3.06 bits per heavy atom. The molecule has 1 aromatic rings. The van der Waals surface area contributed by atoms with Gasteiger partial charge in [0.1, 0.15) is 5.56 Å². The van der Waals surface area contributed by atoms with Gasteiger partial charge in [0.2, 0.25) is 0 Å². The Morgan fingerprint density at radius 2 is 2.44 bits per heavy atom. The summed E-state index contributed by atoms with van der Waals surface area (Å²) < 4.78 is 1.83. The van der Waals surface area contributed by atoms with Gasteiger partial charge in [-0.3, -0.25) is 4.68 Å². The van der Waals surface area contributed by atoms with Crippen molar-refractivity contribution in [3.8, 4) is 0 Å². The predicted octanol–water partition coefficient (Wildman–Crippen LogP) is 0.705. The Morgan fingerprint density at radius 1 is 1.69 bits per heavy atom. The van der Waals surface area contributed by atoms with Crippen LogP contribution in [0.2, 0.25) is 0 Å². The van der Waals surface area contributed by atoms with Gasteiger partial charge in [0.25, 0.3) is 0 Å². The molecular weight excluding hydrogens is 206 g/mol. The van der Waals surface area contributed by atoms with Crippen LogP contribution in [0.3, 0.4) is 0 Å². The number of carboxylic acids is 1. The molecular formula is C11H17N3O2. The van der Waals surface area contributed by atoms with E-state index < -0.39 is 5.97 Å². The van der Waals surface area contributed by atoms with E-state index in [-0.39, 0.29) is 0 Å². The second-order valence-corrected chi connectivity index (χ2v) is 4.65. The van der Waals surface area contributed by atoms with E-state index in [9.17, 15) is 4.79 Å². The van der Waals surface area contributed by atoms with Gasteiger partial charge in [0.05, 0.1) is 11.9 Å². The van der Waals surface area contributed by atoms with Crippen molar-refractivity contribution in [2.75, 3.05) is 20.6 Å². The molecule has 2 heterocycles. The fourth-order valence-corrected chi connectivity index (χ4v) is 2.35. The first kappa shape index (κ1) is 11.1. The molecule has 16 heavy (non-hydrogen) atoms. The second kappa shape index (κ2) is 4.25. The smallest absolute Gasteiger partial charge is 0.339 e. The van der Waals surface area contributed by atoms with Crippen LogP contribution in [0.5, 0.6) is 0 Å². The number of carboxylic acid groups (broad SMARTS) is 1. The van der Waals surface area contributed by atoms with Gasteiger partial charge in [-0.05, 0) is 32.9 Å². The largest absolute Gasteiger partial charge is 0.478 e. The van der Waals surface area contributed by atoms with Gasteiger partial charge in [0.15, 0.2) is 0 Å². The Bertz CT molecular complexity index is 398. The molecule has 1 N–H and O–H groups in total. The van der Waals surface area contributed by atoms with Crippen LogP contribution in [-0.2, 0) is 13.0 Å². The summed E-state index contributed by atoms with van der Waals surface area (Å²) in [5.41, 5.74) is 1.24. The monoisotopic (exact) mass is 223 g/mol. The average molecular weight is 223 g/mol. The molecule has 2 rings (SSSR count). The van der Waals surface area contributed by atoms with E-state index in [0.29, 0.717) is 11.5 Å². The van der Waals surface area contributed by atoms with E-state index in [2.05, 4.69) is 10.00 Å². The fourth-order valence-electron chi connectivity index (χ4n) is 2.35. The molecule has 1 atom stereocenters. The van der Waals surface area contributed by atoms with Crippen LogP contribution in [0, 0.1) is 5.92 Å². The average Bonchev–Trinajstić information content (AvgIpc) is 2.59. The van der Waals surface area contributed by atoms with Crippen molar-refractivity contribution in [2.24, 2.45) is 5.92 Å². The molecule has 0 amide bonds. The van der Waals surface area contributed by atoms with Crippen LogP contribution in [0.25, 0.3) is 0 Å². The SMILES string of the molecule is CN(C)CC1CCn2ncc(C(=O)O)c2C1. The van der Waals surface area contributed by atoms with Crippen molar-refractivity contribution in [1.82, 2.24) is 14.7 Å². The van der Waals surface area contributed by atoms with E-state index in [0.717, 1.165) is 31.6 Å². The van der Waals surface area contributed by atoms with Gasteiger partial charge in [0, 0.05) is 13.1 Å². The lowest BCUT2D eigenvalue weighted by Crippen LogP contribution is -2.29. The van der Waals surface area contributed by atoms with Gasteiger partial charge in [-0.15, -0.1) is 0 Å². The molecule has 0 saturated carbocycles. The zero-order valence-electron chi connectivity index (χ0n) is 9.68. The van der Waals surface area contributed by atoms with Crippen LogP contribution in [0.1, 0.15) is 22.5 Å². The highest BCUT2D eigenvalue weighted by molar-refractivity contribution is 5.88. The van der Waals surface area contributed by atoms with E-state index in [4.69, 9.17) is 5.11 Å². The van der Waals surface area contributed by atoms with Crippen molar-refractivity contribution in [3.63, 3.8) is 0 Å². The third kappa shape index (κ3) is 2.09. The molecule has 1 aliphatic rings. The van der Waals surface area contributed by atoms with Crippen LogP contribution in [0.4, 0.5) is 0 Å². The molecule has 5 nitrogen and oxygen atoms in total. The zero-order chi connectivity index (χ0) is 11.7. The molecule has 0 fully saturated rings. The lowest BCUT2D eigenvalue weighted by molar-refractivity contribution is 0.0694. The first-order valence-corrected chi connectivity index (χ1v) is 5.50. The van der Waals surface area contributed by atoms with Gasteiger partial charge in [-0.1, -0.05) is 0 Å². The topological polar surface area (TPSA) is 58.4 Å². The third-order valence-corrected chi connectivity index (χ3v) is 3.03. The Hall–Kier alpha value is -1.36. The summed E-state index contributed by atoms with van der Waals surface area (Å²) in [4.78, 5) is 13.1. The molecule has 0 aromatic carbocycles. The summed E-state index contributed by atoms with van der Waals surface area (Å²) in [7, 11) is 4.09. The van der Waals surface area contributed by atoms with Crippen LogP contribution in [0.15, 0.2) is 6.20 Å². The maximum absolute atomic E-state index is 11.0. The second-order valence-electron chi connectivity index (χ2n) is 4.65. The number of aromatic carboxylic acids is 1. The first-order chi connectivity index (χ1) is 7.58. The highest BCUT2D eigenvalue weighted by Gasteiger charge is 2.25. The van der Waals surface area contributed by atoms with Crippen molar-refractivity contribution in [1.29, 1.82) is 0 Å². The fraction of sp³-hybridized carbons (Fsp3) is 0.636. The van der Waals surface area contributed by atoms with Gasteiger partial charge < -0.3 is 10.0 Å². The number of aromatic nitrogens is 2. The first-order valence-electron chi connectivity index (χ1n) is 5.50. The minimum Gasteiger partial charge on any atom is -0.478 e. The predicted molar refractivity (Wildman–Crippen MR) is 59.6 cm³/mol. The van der Waals surface area contributed by atoms with Crippen molar-refractivity contribution in [2.45, 2.75) is 19.4 Å². The molecule has 1 aromatic heterocycles. The number of rotatable bonds is 3. The standard InChI is InChI=1S/C11H17N3O2/c1-13(2)7-8-3-4-14-10(5-8)9(6-12-14)11(15)16/h6,8H,3-5,7H2,1-2H3,(H,15,16). The lowest BCUT2D eigenvalue weighted by atomic mass is 9.94. The summed E-state index contributed by atoms with van der Waals surface area (Å²) in [6, 6.07) is 0. The Labute approximate surface area is 94.7 Å². The third-order valence-electron chi connectivity index (χ3n) is 3.03. The highest BCUT2D eigenvalue weighted by atomic mass is 16.4. The zero-order valence-corrected chi connectivity index (χ0v) is 9.68. The molecule has 0 saturated heterocycles. The molecule has 0 spiro atoms. The molecule has 88 valence electrons. The molecule has 1 aliphatic heterocycles. The number of nitrogens with zero attached hydrogens (tertiary/aromatic N) is 3. The normalized spacial score (nSPS) is 19.8. The maximum Gasteiger partial charge on any atom is 0.339 e. The molecule has 0 bridgehead atoms. The number of carbonyl (C=O) groups is 1. The Balaban J connectivity index is 2.17. The van der Waals surface area contributed by atoms with E-state index >= 15 is 0 Å². The van der Waals surface area contributed by atoms with Gasteiger partial charge in [-0.25, -0.2) is 4.79 Å². The minimum absolute atomic E-state index is 0.364. The number of fused-ring (bicyclic) bond motifs is 1. The lowest BCUT2D eigenvalue weighted by Gasteiger charge is -2.26. The van der Waals surface area contributed by atoms with Crippen LogP contribution in [-0.4, -0.2) is 46.4 Å². The number of hydrogen-bond acceptors (Lipinski definition) is 3. The van der Waals surface area contributed by atoms with Crippen LogP contribution < -0.4 is 0 Å². The minimum atomic E-state index is -0.869. The summed E-state index contributed by atoms with van der Waals surface area (Å²) in [5.74, 6) is -0.330. The van der Waals surface area contributed by atoms with E-state index in [1.54, 1.807) is 0 Å². The molecule has 5 heteroatoms. The van der Waals surface area contributed by atoms with E-state index in [1.165, 1.54) is 6.20 Å². The Kier molecular flexibility index (Phi) is 2.96. The quantitative estimate of drug-likeness (QED) is 0.819. The van der Waals surface area contributed by atoms with Crippen LogP contribution >= 0.6 is 0 Å². The van der Waals surface area contributed by atoms with Crippen molar-refractivity contribution in [3.05, 3.63) is 17.5 Å². The van der Waals surface area contributed by atoms with Crippen molar-refractivity contribution < 1.29 is 9.90 Å². The molecule has 1 unspecified atom stereocenters. The van der Waals surface area contributed by atoms with E-state index in [1.807, 2.05) is 18.8 Å². The summed E-state index contributed by atoms with van der Waals surface area (Å²) >= 11 is 0. The molecule has 0 aliphatic carbocycles. The number of hydrogen-bond donors (Lipinski definition) is 1. The number of aryl methyl sites for hydroxylation is 1. The molecule has 0 radical (unpaired) electrons. The summed E-state index contributed by atoms with van der Waals surface area (Å²) in [6.45, 7) is 1.84. The van der Waals surface area contributed by atoms with Gasteiger partial charge in [-0.2, -0.15) is 5.10 Å². The van der Waals surface area contributed by atoms with Gasteiger partial charge >= 0.3 is 5.97 Å². The summed E-state index contributed by atoms with van der Waals surface area (Å²) in [5, 5.41) is 13.1. The maximum atomic E-state index is 11.0. The summed E-state index contributed by atoms with van der Waals surface area (Å²) in [6.07, 6.45) is 3.36. The highest BCUT2D eigenvalue weighted by Crippen LogP contribution is 2.23.